The van der Waals surface area contributed by atoms with Gasteiger partial charge in [0.2, 0.25) is 0 Å². The van der Waals surface area contributed by atoms with Gasteiger partial charge in [-0.25, -0.2) is 4.18 Å². The molecule has 7 nitrogen and oxygen atoms in total. The van der Waals surface area contributed by atoms with Crippen molar-refractivity contribution in [1.29, 1.82) is 0 Å². The molecule has 0 aliphatic carbocycles. The molecular formula is C18H38NaO7S. The van der Waals surface area contributed by atoms with E-state index in [1.165, 1.54) is 57.8 Å². The Bertz CT molecular complexity index is 380. The Hall–Kier alpha value is 0.750. The standard InChI is InChI=1S/C18H38O7S.Na/c1-2-3-4-5-6-7-8-9-10-11-12-22-13-14-23-15-16-24-17-18-25-26(19,20)21;/h2-18H2,1H3,(H,19,20,21);. The zero-order valence-corrected chi connectivity index (χ0v) is 20.1. The van der Waals surface area contributed by atoms with Crippen LogP contribution in [-0.2, 0) is 28.8 Å². The zero-order chi connectivity index (χ0) is 19.3. The molecule has 159 valence electrons. The summed E-state index contributed by atoms with van der Waals surface area (Å²) in [6.45, 7) is 4.74. The minimum atomic E-state index is -4.38. The Labute approximate surface area is 188 Å². The Morgan fingerprint density at radius 2 is 0.963 bits per heavy atom. The number of hydrogen-bond donors (Lipinski definition) is 1. The number of rotatable bonds is 21. The van der Waals surface area contributed by atoms with Crippen LogP contribution < -0.4 is 0 Å². The molecule has 1 radical (unpaired) electrons. The maximum atomic E-state index is 10.3. The molecule has 0 rings (SSSR count). The minimum Gasteiger partial charge on any atom is -0.379 e. The van der Waals surface area contributed by atoms with Gasteiger partial charge in [-0.2, -0.15) is 8.42 Å². The van der Waals surface area contributed by atoms with Crippen LogP contribution in [0.2, 0.25) is 0 Å². The van der Waals surface area contributed by atoms with Gasteiger partial charge in [0.25, 0.3) is 0 Å². The van der Waals surface area contributed by atoms with Gasteiger partial charge in [-0.1, -0.05) is 64.7 Å². The van der Waals surface area contributed by atoms with E-state index in [-0.39, 0.29) is 42.8 Å². The fourth-order valence-electron chi connectivity index (χ4n) is 2.43. The van der Waals surface area contributed by atoms with Crippen LogP contribution in [0.5, 0.6) is 0 Å². The van der Waals surface area contributed by atoms with E-state index in [9.17, 15) is 8.42 Å². The smallest absolute Gasteiger partial charge is 0.379 e. The van der Waals surface area contributed by atoms with Gasteiger partial charge in [-0.05, 0) is 6.42 Å². The van der Waals surface area contributed by atoms with E-state index in [4.69, 9.17) is 18.8 Å². The third-order valence-corrected chi connectivity index (χ3v) is 4.31. The molecule has 0 saturated carbocycles. The fraction of sp³-hybridized carbons (Fsp3) is 1.00. The van der Waals surface area contributed by atoms with Crippen LogP contribution in [0.1, 0.15) is 71.1 Å². The van der Waals surface area contributed by atoms with E-state index in [0.717, 1.165) is 13.0 Å². The molecule has 0 bridgehead atoms. The van der Waals surface area contributed by atoms with E-state index in [1.807, 2.05) is 0 Å². The fourth-order valence-corrected chi connectivity index (χ4v) is 2.71. The summed E-state index contributed by atoms with van der Waals surface area (Å²) < 4.78 is 48.9. The normalized spacial score (nSPS) is 11.5. The molecule has 1 N–H and O–H groups in total. The summed E-state index contributed by atoms with van der Waals surface area (Å²) in [6.07, 6.45) is 13.2. The van der Waals surface area contributed by atoms with Crippen molar-refractivity contribution in [2.45, 2.75) is 71.1 Å². The Morgan fingerprint density at radius 1 is 0.593 bits per heavy atom. The second-order valence-corrected chi connectivity index (χ2v) is 7.36. The molecule has 0 aliphatic rings. The van der Waals surface area contributed by atoms with E-state index in [1.54, 1.807) is 0 Å². The Balaban J connectivity index is 0. The van der Waals surface area contributed by atoms with E-state index < -0.39 is 10.4 Å². The van der Waals surface area contributed by atoms with E-state index >= 15 is 0 Å². The molecule has 0 heterocycles. The average molecular weight is 422 g/mol. The summed E-state index contributed by atoms with van der Waals surface area (Å²) in [5.41, 5.74) is 0. The first kappa shape index (κ1) is 29.9. The molecule has 0 fully saturated rings. The molecule has 9 heteroatoms. The molecule has 27 heavy (non-hydrogen) atoms. The SMILES string of the molecule is CCCCCCCCCCCCOCCOCCOCCOS(=O)(=O)O.[Na]. The predicted octanol–water partition coefficient (Wildman–Crippen LogP) is 3.40. The van der Waals surface area contributed by atoms with Gasteiger partial charge < -0.3 is 14.2 Å². The summed E-state index contributed by atoms with van der Waals surface area (Å²) in [5, 5.41) is 0. The van der Waals surface area contributed by atoms with Gasteiger partial charge in [-0.15, -0.1) is 0 Å². The quantitative estimate of drug-likeness (QED) is 0.173. The molecule has 0 aromatic carbocycles. The molecule has 0 amide bonds. The largest absolute Gasteiger partial charge is 0.397 e. The first-order valence-electron chi connectivity index (χ1n) is 9.91. The molecule has 0 saturated heterocycles. The van der Waals surface area contributed by atoms with Crippen molar-refractivity contribution in [3.8, 4) is 0 Å². The number of ether oxygens (including phenoxy) is 3. The number of unbranched alkanes of at least 4 members (excludes halogenated alkanes) is 9. The zero-order valence-electron chi connectivity index (χ0n) is 17.3. The molecule has 0 aromatic heterocycles. The van der Waals surface area contributed by atoms with Crippen LogP contribution in [0.4, 0.5) is 0 Å². The van der Waals surface area contributed by atoms with Crippen LogP contribution in [0.15, 0.2) is 0 Å². The third kappa shape index (κ3) is 29.1. The van der Waals surface area contributed by atoms with Crippen LogP contribution in [-0.4, -0.2) is 88.8 Å². The summed E-state index contributed by atoms with van der Waals surface area (Å²) in [5.74, 6) is 0. The van der Waals surface area contributed by atoms with Crippen molar-refractivity contribution >= 4 is 40.0 Å². The molecule has 0 spiro atoms. The van der Waals surface area contributed by atoms with Crippen LogP contribution in [0.3, 0.4) is 0 Å². The van der Waals surface area contributed by atoms with Gasteiger partial charge >= 0.3 is 10.4 Å². The van der Waals surface area contributed by atoms with Crippen LogP contribution >= 0.6 is 0 Å². The van der Waals surface area contributed by atoms with Crippen LogP contribution in [0.25, 0.3) is 0 Å². The molecule has 0 unspecified atom stereocenters. The van der Waals surface area contributed by atoms with E-state index in [2.05, 4.69) is 11.1 Å². The molecule has 0 aromatic rings. The van der Waals surface area contributed by atoms with Crippen molar-refractivity contribution in [1.82, 2.24) is 0 Å². The first-order chi connectivity index (χ1) is 12.6. The van der Waals surface area contributed by atoms with Crippen molar-refractivity contribution in [2.24, 2.45) is 0 Å². The first-order valence-corrected chi connectivity index (χ1v) is 11.3. The summed E-state index contributed by atoms with van der Waals surface area (Å²) in [7, 11) is -4.38. The van der Waals surface area contributed by atoms with Gasteiger partial charge in [0.1, 0.15) is 0 Å². The third-order valence-electron chi connectivity index (χ3n) is 3.85. The van der Waals surface area contributed by atoms with Gasteiger partial charge in [0.05, 0.1) is 39.6 Å². The summed E-state index contributed by atoms with van der Waals surface area (Å²) in [4.78, 5) is 0. The predicted molar refractivity (Wildman–Crippen MR) is 108 cm³/mol. The van der Waals surface area contributed by atoms with Crippen molar-refractivity contribution < 1.29 is 31.4 Å². The molecule has 0 atom stereocenters. The Kier molecular flexibility index (Phi) is 25.5. The second kappa shape index (κ2) is 23.0. The average Bonchev–Trinajstić information content (AvgIpc) is 2.59. The van der Waals surface area contributed by atoms with Crippen molar-refractivity contribution in [3.05, 3.63) is 0 Å². The molecule has 0 aliphatic heterocycles. The van der Waals surface area contributed by atoms with Gasteiger partial charge in [-0.3, -0.25) is 4.55 Å². The summed E-state index contributed by atoms with van der Waals surface area (Å²) >= 11 is 0. The topological polar surface area (TPSA) is 91.3 Å². The van der Waals surface area contributed by atoms with Crippen molar-refractivity contribution in [2.75, 3.05) is 46.2 Å². The maximum absolute atomic E-state index is 10.3. The monoisotopic (exact) mass is 421 g/mol. The second-order valence-electron chi connectivity index (χ2n) is 6.27. The van der Waals surface area contributed by atoms with E-state index in [0.29, 0.717) is 26.4 Å². The Morgan fingerprint density at radius 3 is 1.41 bits per heavy atom. The van der Waals surface area contributed by atoms with Crippen LogP contribution in [0, 0.1) is 0 Å². The number of hydrogen-bond acceptors (Lipinski definition) is 6. The summed E-state index contributed by atoms with van der Waals surface area (Å²) in [6, 6.07) is 0. The minimum absolute atomic E-state index is 0. The maximum Gasteiger partial charge on any atom is 0.397 e. The van der Waals surface area contributed by atoms with Gasteiger partial charge in [0, 0.05) is 36.2 Å². The molecular weight excluding hydrogens is 383 g/mol. The van der Waals surface area contributed by atoms with Gasteiger partial charge in [0.15, 0.2) is 0 Å². The van der Waals surface area contributed by atoms with Crippen molar-refractivity contribution in [3.63, 3.8) is 0 Å².